The lowest BCUT2D eigenvalue weighted by atomic mass is 10.1. The number of nitrogens with one attached hydrogen (secondary N) is 1. The number of fused-ring (bicyclic) bond motifs is 1. The van der Waals surface area contributed by atoms with Crippen LogP contribution >= 0.6 is 23.7 Å². The standard InChI is InChI=1S/C21H19N5O4S2/c1-11(2)10-31-21-24-32-20-23-19(27)16(18(22)25(20)21)9-14-6-7-17(30-14)15-8-13(26(28)29)5-4-12(15)3/h4-9,11,22H,10H2,1-3H3/b16-9-,22-18?. The lowest BCUT2D eigenvalue weighted by Gasteiger charge is -2.24. The molecule has 1 aromatic carbocycles. The lowest BCUT2D eigenvalue weighted by molar-refractivity contribution is -0.384. The zero-order valence-corrected chi connectivity index (χ0v) is 19.1. The summed E-state index contributed by atoms with van der Waals surface area (Å²) >= 11 is 2.60. The zero-order valence-electron chi connectivity index (χ0n) is 17.5. The number of non-ortho nitro benzene ring substituents is 1. The molecule has 0 saturated carbocycles. The van der Waals surface area contributed by atoms with E-state index in [1.165, 1.54) is 30.0 Å². The number of carbonyl (C=O) groups is 1. The van der Waals surface area contributed by atoms with Crippen LogP contribution in [-0.4, -0.2) is 37.7 Å². The number of hydrogen-bond donors (Lipinski definition) is 1. The molecule has 1 N–H and O–H groups in total. The van der Waals surface area contributed by atoms with Crippen molar-refractivity contribution in [3.63, 3.8) is 0 Å². The van der Waals surface area contributed by atoms with Crippen LogP contribution in [0.2, 0.25) is 0 Å². The molecular weight excluding hydrogens is 450 g/mol. The van der Waals surface area contributed by atoms with E-state index < -0.39 is 10.8 Å². The van der Waals surface area contributed by atoms with E-state index in [9.17, 15) is 14.9 Å². The highest BCUT2D eigenvalue weighted by molar-refractivity contribution is 8.19. The largest absolute Gasteiger partial charge is 0.457 e. The van der Waals surface area contributed by atoms with Crippen LogP contribution in [0.4, 0.5) is 5.69 Å². The van der Waals surface area contributed by atoms with Crippen LogP contribution in [-0.2, 0) is 4.79 Å². The van der Waals surface area contributed by atoms with Gasteiger partial charge < -0.3 is 4.42 Å². The number of aryl methyl sites for hydroxylation is 1. The van der Waals surface area contributed by atoms with Gasteiger partial charge in [-0.1, -0.05) is 31.7 Å². The molecule has 2 aliphatic rings. The number of nitro benzene ring substituents is 1. The van der Waals surface area contributed by atoms with Crippen molar-refractivity contribution in [1.82, 2.24) is 4.90 Å². The number of furan rings is 1. The van der Waals surface area contributed by atoms with E-state index in [4.69, 9.17) is 9.83 Å². The number of rotatable bonds is 5. The van der Waals surface area contributed by atoms with Crippen LogP contribution in [0.5, 0.6) is 0 Å². The van der Waals surface area contributed by atoms with Crippen molar-refractivity contribution in [2.45, 2.75) is 20.8 Å². The van der Waals surface area contributed by atoms with Crippen molar-refractivity contribution < 1.29 is 14.1 Å². The van der Waals surface area contributed by atoms with Crippen molar-refractivity contribution in [3.05, 3.63) is 57.3 Å². The minimum absolute atomic E-state index is 0.00974. The summed E-state index contributed by atoms with van der Waals surface area (Å²) in [4.78, 5) is 28.9. The second-order valence-electron chi connectivity index (χ2n) is 7.57. The Morgan fingerprint density at radius 2 is 2.12 bits per heavy atom. The van der Waals surface area contributed by atoms with Crippen molar-refractivity contribution in [2.75, 3.05) is 5.75 Å². The molecule has 2 aliphatic heterocycles. The Kier molecular flexibility index (Phi) is 6.02. The molecule has 0 fully saturated rings. The van der Waals surface area contributed by atoms with Crippen LogP contribution in [0.15, 0.2) is 49.7 Å². The minimum Gasteiger partial charge on any atom is -0.457 e. The van der Waals surface area contributed by atoms with Crippen molar-refractivity contribution in [2.24, 2.45) is 15.3 Å². The molecule has 0 bridgehead atoms. The Labute approximate surface area is 192 Å². The van der Waals surface area contributed by atoms with Gasteiger partial charge >= 0.3 is 0 Å². The number of nitrogens with zero attached hydrogens (tertiary/aromatic N) is 4. The fraction of sp³-hybridized carbons (Fsp3) is 0.238. The van der Waals surface area contributed by atoms with E-state index in [2.05, 4.69) is 23.2 Å². The Morgan fingerprint density at radius 3 is 2.84 bits per heavy atom. The van der Waals surface area contributed by atoms with E-state index >= 15 is 0 Å². The predicted molar refractivity (Wildman–Crippen MR) is 128 cm³/mol. The van der Waals surface area contributed by atoms with Gasteiger partial charge in [0.25, 0.3) is 11.6 Å². The Hall–Kier alpha value is -3.18. The molecule has 9 nitrogen and oxygen atoms in total. The van der Waals surface area contributed by atoms with Gasteiger partial charge in [-0.2, -0.15) is 9.39 Å². The van der Waals surface area contributed by atoms with Gasteiger partial charge in [-0.15, -0.1) is 0 Å². The highest BCUT2D eigenvalue weighted by Gasteiger charge is 2.37. The van der Waals surface area contributed by atoms with Crippen molar-refractivity contribution in [1.29, 1.82) is 5.41 Å². The molecule has 0 saturated heterocycles. The fourth-order valence-electron chi connectivity index (χ4n) is 3.04. The van der Waals surface area contributed by atoms with Gasteiger partial charge in [0.1, 0.15) is 17.4 Å². The molecule has 0 radical (unpaired) electrons. The average molecular weight is 470 g/mol. The third-order valence-corrected chi connectivity index (χ3v) is 6.83. The summed E-state index contributed by atoms with van der Waals surface area (Å²) in [7, 11) is 0. The van der Waals surface area contributed by atoms with Gasteiger partial charge in [-0.05, 0) is 36.6 Å². The summed E-state index contributed by atoms with van der Waals surface area (Å²) in [6.07, 6.45) is 1.47. The molecule has 4 rings (SSSR count). The van der Waals surface area contributed by atoms with Gasteiger partial charge in [0, 0.05) is 23.4 Å². The molecule has 1 amide bonds. The number of aliphatic imine (C=N–C) groups is 1. The number of benzene rings is 1. The van der Waals surface area contributed by atoms with Crippen molar-refractivity contribution >= 4 is 57.6 Å². The molecule has 1 aromatic heterocycles. The Bertz CT molecular complexity index is 1230. The maximum absolute atomic E-state index is 12.6. The lowest BCUT2D eigenvalue weighted by Crippen LogP contribution is -2.41. The molecule has 0 spiro atoms. The van der Waals surface area contributed by atoms with Crippen LogP contribution in [0, 0.1) is 28.4 Å². The summed E-state index contributed by atoms with van der Waals surface area (Å²) in [5, 5.41) is 20.7. The molecular formula is C21H19N5O4S2. The smallest absolute Gasteiger partial charge is 0.283 e. The van der Waals surface area contributed by atoms with Gasteiger partial charge in [0.15, 0.2) is 5.17 Å². The number of amidine groups is 3. The molecule has 0 atom stereocenters. The average Bonchev–Trinajstić information content (AvgIpc) is 3.36. The highest BCUT2D eigenvalue weighted by atomic mass is 32.2. The summed E-state index contributed by atoms with van der Waals surface area (Å²) in [5.41, 5.74) is 1.46. The SMILES string of the molecule is Cc1ccc([N+](=O)[O-])cc1-c1ccc(/C=C2/C(=N)N3C(SCC(C)C)=NSC3=NC2=O)o1. The van der Waals surface area contributed by atoms with E-state index in [0.717, 1.165) is 23.3 Å². The third-order valence-electron chi connectivity index (χ3n) is 4.65. The second kappa shape index (κ2) is 8.75. The second-order valence-corrected chi connectivity index (χ2v) is 9.29. The van der Waals surface area contributed by atoms with Gasteiger partial charge in [0.05, 0.1) is 22.4 Å². The third kappa shape index (κ3) is 4.26. The first-order chi connectivity index (χ1) is 15.2. The van der Waals surface area contributed by atoms with E-state index in [0.29, 0.717) is 33.3 Å². The Morgan fingerprint density at radius 1 is 1.34 bits per heavy atom. The molecule has 3 heterocycles. The number of carbonyl (C=O) groups excluding carboxylic acids is 1. The molecule has 0 unspecified atom stereocenters. The van der Waals surface area contributed by atoms with E-state index in [-0.39, 0.29) is 17.1 Å². The minimum atomic E-state index is -0.538. The molecule has 164 valence electrons. The summed E-state index contributed by atoms with van der Waals surface area (Å²) in [6, 6.07) is 7.88. The maximum Gasteiger partial charge on any atom is 0.283 e. The number of amides is 1. The number of nitro groups is 1. The van der Waals surface area contributed by atoms with Crippen LogP contribution in [0.3, 0.4) is 0 Å². The summed E-state index contributed by atoms with van der Waals surface area (Å²) in [6.45, 7) is 6.02. The van der Waals surface area contributed by atoms with Gasteiger partial charge in [-0.3, -0.25) is 20.3 Å². The number of hydrogen-bond acceptors (Lipinski definition) is 8. The first-order valence-corrected chi connectivity index (χ1v) is 11.5. The van der Waals surface area contributed by atoms with Crippen LogP contribution in [0.25, 0.3) is 17.4 Å². The quantitative estimate of drug-likeness (QED) is 0.278. The molecule has 32 heavy (non-hydrogen) atoms. The first-order valence-electron chi connectivity index (χ1n) is 9.71. The molecule has 2 aromatic rings. The monoisotopic (exact) mass is 469 g/mol. The molecule has 11 heteroatoms. The maximum atomic E-state index is 12.6. The Balaban J connectivity index is 1.63. The number of thioether (sulfide) groups is 1. The predicted octanol–water partition coefficient (Wildman–Crippen LogP) is 5.13. The summed E-state index contributed by atoms with van der Waals surface area (Å²) in [5.74, 6) is 1.51. The fourth-order valence-corrected chi connectivity index (χ4v) is 4.84. The summed E-state index contributed by atoms with van der Waals surface area (Å²) < 4.78 is 10.2. The van der Waals surface area contributed by atoms with Crippen LogP contribution in [0.1, 0.15) is 25.2 Å². The van der Waals surface area contributed by atoms with Crippen LogP contribution < -0.4 is 0 Å². The van der Waals surface area contributed by atoms with E-state index in [1.54, 1.807) is 23.1 Å². The van der Waals surface area contributed by atoms with Gasteiger partial charge in [-0.25, -0.2) is 4.90 Å². The van der Waals surface area contributed by atoms with Gasteiger partial charge in [0.2, 0.25) is 5.17 Å². The zero-order chi connectivity index (χ0) is 23.0. The topological polar surface area (TPSA) is 125 Å². The first kappa shape index (κ1) is 22.0. The van der Waals surface area contributed by atoms with Crippen molar-refractivity contribution in [3.8, 4) is 11.3 Å². The van der Waals surface area contributed by atoms with E-state index in [1.807, 2.05) is 6.92 Å². The highest BCUT2D eigenvalue weighted by Crippen LogP contribution is 2.34. The normalized spacial score (nSPS) is 17.1. The molecule has 0 aliphatic carbocycles.